The normalized spacial score (nSPS) is 10.7. The number of halogens is 2. The molecular formula is C26H22F2N4O3. The number of primary amides is 1. The summed E-state index contributed by atoms with van der Waals surface area (Å²) >= 11 is 0. The number of aliphatic hydroxyl groups is 1. The molecule has 0 unspecified atom stereocenters. The van der Waals surface area contributed by atoms with E-state index < -0.39 is 23.6 Å². The van der Waals surface area contributed by atoms with Crippen molar-refractivity contribution in [2.75, 3.05) is 13.6 Å². The Hall–Kier alpha value is -4.60. The molecule has 0 aliphatic carbocycles. The first-order valence-electron chi connectivity index (χ1n) is 10.2. The average molecular weight is 476 g/mol. The number of nitrogens with zero attached hydrogens (tertiary/aromatic N) is 3. The van der Waals surface area contributed by atoms with Crippen LogP contribution in [0.3, 0.4) is 0 Å². The van der Waals surface area contributed by atoms with Crippen LogP contribution in [0.25, 0.3) is 22.6 Å². The lowest BCUT2D eigenvalue weighted by Crippen LogP contribution is -2.21. The summed E-state index contributed by atoms with van der Waals surface area (Å²) in [6.07, 6.45) is 8.01. The average Bonchev–Trinajstić information content (AvgIpc) is 2.88. The van der Waals surface area contributed by atoms with E-state index in [0.29, 0.717) is 24.1 Å². The Kier molecular flexibility index (Phi) is 9.59. The molecule has 3 N–H and O–H groups in total. The molecule has 0 bridgehead atoms. The maximum Gasteiger partial charge on any atom is 0.267 e. The van der Waals surface area contributed by atoms with Crippen LogP contribution in [0.1, 0.15) is 22.5 Å². The smallest absolute Gasteiger partial charge is 0.267 e. The molecule has 35 heavy (non-hydrogen) atoms. The molecule has 1 heterocycles. The van der Waals surface area contributed by atoms with Crippen LogP contribution in [0, 0.1) is 36.3 Å². The molecule has 178 valence electrons. The Bertz CT molecular complexity index is 1300. The number of amides is 2. The third-order valence-corrected chi connectivity index (χ3v) is 4.62. The van der Waals surface area contributed by atoms with Crippen LogP contribution in [0.15, 0.2) is 48.5 Å². The van der Waals surface area contributed by atoms with Crippen molar-refractivity contribution >= 4 is 12.3 Å². The molecule has 3 aromatic rings. The van der Waals surface area contributed by atoms with E-state index in [2.05, 4.69) is 34.7 Å². The van der Waals surface area contributed by atoms with Gasteiger partial charge in [-0.25, -0.2) is 18.7 Å². The summed E-state index contributed by atoms with van der Waals surface area (Å²) in [7, 11) is 1.60. The minimum atomic E-state index is -0.937. The summed E-state index contributed by atoms with van der Waals surface area (Å²) in [5, 5.41) is 9.99. The van der Waals surface area contributed by atoms with Crippen molar-refractivity contribution in [3.05, 3.63) is 71.4 Å². The number of terminal acetylenes is 1. The molecule has 0 radical (unpaired) electrons. The third kappa shape index (κ3) is 7.46. The van der Waals surface area contributed by atoms with Gasteiger partial charge < -0.3 is 15.7 Å². The van der Waals surface area contributed by atoms with Crippen molar-refractivity contribution in [3.63, 3.8) is 0 Å². The van der Waals surface area contributed by atoms with Gasteiger partial charge in [0.05, 0.1) is 5.69 Å². The number of carbonyl (C=O) groups excluding carboxylic acids is 2. The molecule has 1 atom stereocenters. The highest BCUT2D eigenvalue weighted by molar-refractivity contribution is 5.92. The Balaban J connectivity index is 0.00000210. The lowest BCUT2D eigenvalue weighted by atomic mass is 10.1. The Morgan fingerprint density at radius 2 is 1.94 bits per heavy atom. The van der Waals surface area contributed by atoms with Gasteiger partial charge in [-0.05, 0) is 36.4 Å². The Morgan fingerprint density at radius 1 is 1.20 bits per heavy atom. The van der Waals surface area contributed by atoms with E-state index in [1.807, 2.05) is 0 Å². The molecule has 9 heteroatoms. The maximum absolute atomic E-state index is 14.3. The van der Waals surface area contributed by atoms with Gasteiger partial charge in [-0.2, -0.15) is 0 Å². The number of rotatable bonds is 7. The van der Waals surface area contributed by atoms with E-state index in [-0.39, 0.29) is 29.2 Å². The molecule has 0 saturated heterocycles. The monoisotopic (exact) mass is 476 g/mol. The first-order valence-corrected chi connectivity index (χ1v) is 10.2. The summed E-state index contributed by atoms with van der Waals surface area (Å²) in [4.78, 5) is 32.2. The lowest BCUT2D eigenvalue weighted by Gasteiger charge is -2.10. The number of carbonyl (C=O) groups is 2. The van der Waals surface area contributed by atoms with E-state index >= 15 is 0 Å². The van der Waals surface area contributed by atoms with Crippen molar-refractivity contribution in [1.82, 2.24) is 14.9 Å². The van der Waals surface area contributed by atoms with Crippen molar-refractivity contribution in [1.29, 1.82) is 0 Å². The zero-order chi connectivity index (χ0) is 26.0. The van der Waals surface area contributed by atoms with Crippen molar-refractivity contribution < 1.29 is 23.5 Å². The number of benzene rings is 2. The molecule has 7 nitrogen and oxygen atoms in total. The number of hydrogen-bond donors (Lipinski definition) is 2. The Morgan fingerprint density at radius 3 is 2.63 bits per heavy atom. The van der Waals surface area contributed by atoms with Crippen LogP contribution < -0.4 is 5.73 Å². The summed E-state index contributed by atoms with van der Waals surface area (Å²) < 4.78 is 28.0. The molecule has 0 aliphatic heterocycles. The SMILES string of the molecule is C#C.CN(C=O)CC[C@@H](O)C#Cc1cccc(-c2nc(C(N)=O)cc(-c3cc(F)ccc3F)n2)c1. The summed E-state index contributed by atoms with van der Waals surface area (Å²) in [5.74, 6) is 3.37. The van der Waals surface area contributed by atoms with E-state index in [0.717, 1.165) is 18.2 Å². The van der Waals surface area contributed by atoms with Crippen LogP contribution in [-0.4, -0.2) is 52.0 Å². The predicted molar refractivity (Wildman–Crippen MR) is 127 cm³/mol. The van der Waals surface area contributed by atoms with Crippen molar-refractivity contribution in [2.24, 2.45) is 5.73 Å². The van der Waals surface area contributed by atoms with Crippen LogP contribution in [0.4, 0.5) is 8.78 Å². The Labute approximate surface area is 201 Å². The molecule has 0 aliphatic rings. The van der Waals surface area contributed by atoms with Gasteiger partial charge in [-0.1, -0.05) is 24.0 Å². The van der Waals surface area contributed by atoms with Gasteiger partial charge in [-0.3, -0.25) is 9.59 Å². The second-order valence-corrected chi connectivity index (χ2v) is 7.19. The molecule has 0 saturated carbocycles. The fourth-order valence-corrected chi connectivity index (χ4v) is 2.89. The van der Waals surface area contributed by atoms with Crippen molar-refractivity contribution in [3.8, 4) is 47.3 Å². The molecule has 0 fully saturated rings. The molecule has 1 aromatic heterocycles. The van der Waals surface area contributed by atoms with Crippen LogP contribution in [-0.2, 0) is 4.79 Å². The van der Waals surface area contributed by atoms with Gasteiger partial charge in [0.1, 0.15) is 23.4 Å². The standard InChI is InChI=1S/C24H20F2N4O3.C2H2/c1-30(14-31)10-9-18(32)7-5-15-3-2-4-16(11-15)24-28-21(13-22(29-24)23(27)33)19-12-17(25)6-8-20(19)26;1-2/h2-4,6,8,11-14,18,32H,9-10H2,1H3,(H2,27,33);1-2H/t18-;/m0./s1. The maximum atomic E-state index is 14.3. The molecule has 0 spiro atoms. The van der Waals surface area contributed by atoms with Gasteiger partial charge in [0.2, 0.25) is 6.41 Å². The second kappa shape index (κ2) is 12.6. The second-order valence-electron chi connectivity index (χ2n) is 7.19. The fraction of sp³-hybridized carbons (Fsp3) is 0.154. The topological polar surface area (TPSA) is 109 Å². The van der Waals surface area contributed by atoms with E-state index in [9.17, 15) is 23.5 Å². The van der Waals surface area contributed by atoms with E-state index in [1.165, 1.54) is 11.0 Å². The molecule has 2 amide bonds. The number of aromatic nitrogens is 2. The lowest BCUT2D eigenvalue weighted by molar-refractivity contribution is -0.117. The first kappa shape index (κ1) is 26.7. The highest BCUT2D eigenvalue weighted by Gasteiger charge is 2.15. The quantitative estimate of drug-likeness (QED) is 0.403. The van der Waals surface area contributed by atoms with E-state index in [1.54, 1.807) is 31.3 Å². The molecular weight excluding hydrogens is 454 g/mol. The third-order valence-electron chi connectivity index (χ3n) is 4.62. The first-order chi connectivity index (χ1) is 16.8. The van der Waals surface area contributed by atoms with Gasteiger partial charge in [0.25, 0.3) is 5.91 Å². The largest absolute Gasteiger partial charge is 0.380 e. The number of aliphatic hydroxyl groups excluding tert-OH is 1. The van der Waals surface area contributed by atoms with Crippen molar-refractivity contribution in [2.45, 2.75) is 12.5 Å². The van der Waals surface area contributed by atoms with Gasteiger partial charge >= 0.3 is 0 Å². The minimum Gasteiger partial charge on any atom is -0.380 e. The molecule has 2 aromatic carbocycles. The zero-order valence-corrected chi connectivity index (χ0v) is 18.8. The van der Waals surface area contributed by atoms with Crippen LogP contribution >= 0.6 is 0 Å². The highest BCUT2D eigenvalue weighted by Crippen LogP contribution is 2.26. The summed E-state index contributed by atoms with van der Waals surface area (Å²) in [6, 6.07) is 10.8. The predicted octanol–water partition coefficient (Wildman–Crippen LogP) is 2.63. The van der Waals surface area contributed by atoms with Gasteiger partial charge in [0, 0.05) is 36.7 Å². The summed E-state index contributed by atoms with van der Waals surface area (Å²) in [5.41, 5.74) is 6.06. The minimum absolute atomic E-state index is 0.00277. The van der Waals surface area contributed by atoms with E-state index in [4.69, 9.17) is 5.73 Å². The molecule has 3 rings (SSSR count). The van der Waals surface area contributed by atoms with Gasteiger partial charge in [-0.15, -0.1) is 12.8 Å². The number of hydrogen-bond acceptors (Lipinski definition) is 5. The van der Waals surface area contributed by atoms with Gasteiger partial charge in [0.15, 0.2) is 5.82 Å². The van der Waals surface area contributed by atoms with Crippen LogP contribution in [0.5, 0.6) is 0 Å². The number of nitrogens with two attached hydrogens (primary N) is 1. The summed E-state index contributed by atoms with van der Waals surface area (Å²) in [6.45, 7) is 0.354. The fourth-order valence-electron chi connectivity index (χ4n) is 2.89. The zero-order valence-electron chi connectivity index (χ0n) is 18.8. The highest BCUT2D eigenvalue weighted by atomic mass is 19.1. The van der Waals surface area contributed by atoms with Crippen LogP contribution in [0.2, 0.25) is 0 Å².